The van der Waals surface area contributed by atoms with E-state index >= 15 is 0 Å². The number of rotatable bonds is 2. The van der Waals surface area contributed by atoms with Crippen LogP contribution in [0.4, 0.5) is 11.4 Å². The van der Waals surface area contributed by atoms with Gasteiger partial charge < -0.3 is 15.5 Å². The fourth-order valence-electron chi connectivity index (χ4n) is 2.61. The van der Waals surface area contributed by atoms with E-state index in [1.54, 1.807) is 25.2 Å². The third-order valence-electron chi connectivity index (χ3n) is 3.65. The Labute approximate surface area is 122 Å². The monoisotopic (exact) mass is 290 g/mol. The number of nitrogens with two attached hydrogens (primary N) is 1. The maximum Gasteiger partial charge on any atom is 0.265 e. The molecule has 0 bridgehead atoms. The number of fused-ring (bicyclic) bond motifs is 1. The zero-order valence-corrected chi connectivity index (χ0v) is 12.5. The van der Waals surface area contributed by atoms with Gasteiger partial charge in [-0.05, 0) is 18.9 Å². The minimum absolute atomic E-state index is 0.0575. The number of anilines is 2. The highest BCUT2D eigenvalue weighted by atomic mass is 32.1. The molecular formula is C14H18N4OS. The van der Waals surface area contributed by atoms with E-state index in [2.05, 4.69) is 9.88 Å². The highest BCUT2D eigenvalue weighted by Gasteiger charge is 2.23. The largest absolute Gasteiger partial charge is 0.397 e. The van der Waals surface area contributed by atoms with Gasteiger partial charge in [0, 0.05) is 33.4 Å². The quantitative estimate of drug-likeness (QED) is 0.921. The first-order valence-electron chi connectivity index (χ1n) is 6.73. The maximum atomic E-state index is 12.2. The maximum absolute atomic E-state index is 12.2. The molecule has 0 aliphatic carbocycles. The van der Waals surface area contributed by atoms with E-state index in [0.717, 1.165) is 29.0 Å². The predicted molar refractivity (Wildman–Crippen MR) is 83.5 cm³/mol. The normalized spacial score (nSPS) is 15.0. The first kappa shape index (κ1) is 13.2. The van der Waals surface area contributed by atoms with E-state index < -0.39 is 0 Å². The summed E-state index contributed by atoms with van der Waals surface area (Å²) < 4.78 is 0. The molecule has 5 nitrogen and oxygen atoms in total. The molecule has 0 aromatic carbocycles. The Bertz CT molecular complexity index is 658. The first-order chi connectivity index (χ1) is 9.59. The molecule has 3 rings (SSSR count). The van der Waals surface area contributed by atoms with Crippen molar-refractivity contribution >= 4 is 38.8 Å². The molecule has 2 N–H and O–H groups in total. The van der Waals surface area contributed by atoms with E-state index in [0.29, 0.717) is 10.6 Å². The van der Waals surface area contributed by atoms with Crippen LogP contribution >= 0.6 is 11.3 Å². The fraction of sp³-hybridized carbons (Fsp3) is 0.429. The highest BCUT2D eigenvalue weighted by molar-refractivity contribution is 7.21. The summed E-state index contributed by atoms with van der Waals surface area (Å²) in [6, 6.07) is 2.00. The summed E-state index contributed by atoms with van der Waals surface area (Å²) in [5.74, 6) is -0.0575. The summed E-state index contributed by atoms with van der Waals surface area (Å²) in [5.41, 5.74) is 7.92. The van der Waals surface area contributed by atoms with Crippen molar-refractivity contribution < 1.29 is 4.79 Å². The Hall–Kier alpha value is -1.82. The number of carbonyl (C=O) groups excluding carboxylic acids is 1. The lowest BCUT2D eigenvalue weighted by atomic mass is 10.2. The van der Waals surface area contributed by atoms with Crippen LogP contribution in [-0.2, 0) is 0 Å². The average Bonchev–Trinajstić information content (AvgIpc) is 3.06. The van der Waals surface area contributed by atoms with Crippen LogP contribution in [0.25, 0.3) is 10.2 Å². The molecule has 2 aromatic heterocycles. The molecule has 1 aliphatic heterocycles. The standard InChI is InChI=1S/C14H18N4OS/c1-17(2)14(19)12-11(15)10-9(18-7-3-4-8-18)5-6-16-13(10)20-12/h5-6H,3-4,7-8,15H2,1-2H3. The Morgan fingerprint density at radius 2 is 2.10 bits per heavy atom. The van der Waals surface area contributed by atoms with Gasteiger partial charge in [-0.2, -0.15) is 0 Å². The van der Waals surface area contributed by atoms with Crippen molar-refractivity contribution in [3.8, 4) is 0 Å². The summed E-state index contributed by atoms with van der Waals surface area (Å²) in [7, 11) is 3.47. The van der Waals surface area contributed by atoms with E-state index in [-0.39, 0.29) is 5.91 Å². The van der Waals surface area contributed by atoms with Gasteiger partial charge in [0.15, 0.2) is 0 Å². The van der Waals surface area contributed by atoms with Crippen LogP contribution in [0.1, 0.15) is 22.5 Å². The van der Waals surface area contributed by atoms with Crippen LogP contribution in [0.5, 0.6) is 0 Å². The third kappa shape index (κ3) is 2.00. The van der Waals surface area contributed by atoms with Crippen LogP contribution in [0.15, 0.2) is 12.3 Å². The van der Waals surface area contributed by atoms with Crippen molar-refractivity contribution in [2.24, 2.45) is 0 Å². The summed E-state index contributed by atoms with van der Waals surface area (Å²) >= 11 is 1.38. The molecule has 1 amide bonds. The molecule has 6 heteroatoms. The Morgan fingerprint density at radius 1 is 1.40 bits per heavy atom. The van der Waals surface area contributed by atoms with E-state index in [1.165, 1.54) is 24.2 Å². The van der Waals surface area contributed by atoms with Gasteiger partial charge in [-0.25, -0.2) is 4.98 Å². The summed E-state index contributed by atoms with van der Waals surface area (Å²) in [5, 5.41) is 0.935. The fourth-order valence-corrected chi connectivity index (χ4v) is 3.72. The van der Waals surface area contributed by atoms with Crippen molar-refractivity contribution in [3.63, 3.8) is 0 Å². The van der Waals surface area contributed by atoms with Crippen molar-refractivity contribution in [2.75, 3.05) is 37.8 Å². The second kappa shape index (κ2) is 4.94. The van der Waals surface area contributed by atoms with E-state index in [9.17, 15) is 4.79 Å². The summed E-state index contributed by atoms with van der Waals surface area (Å²) in [6.07, 6.45) is 4.21. The third-order valence-corrected chi connectivity index (χ3v) is 4.76. The van der Waals surface area contributed by atoms with Crippen LogP contribution in [0.3, 0.4) is 0 Å². The second-order valence-corrected chi connectivity index (χ2v) is 6.25. The predicted octanol–water partition coefficient (Wildman–Crippen LogP) is 2.18. The number of hydrogen-bond donors (Lipinski definition) is 1. The van der Waals surface area contributed by atoms with Crippen LogP contribution in [0, 0.1) is 0 Å². The molecule has 1 saturated heterocycles. The molecule has 1 aliphatic rings. The van der Waals surface area contributed by atoms with Crippen LogP contribution in [0.2, 0.25) is 0 Å². The molecule has 1 fully saturated rings. The van der Waals surface area contributed by atoms with Gasteiger partial charge in [-0.3, -0.25) is 4.79 Å². The number of hydrogen-bond acceptors (Lipinski definition) is 5. The molecule has 0 unspecified atom stereocenters. The summed E-state index contributed by atoms with van der Waals surface area (Å²) in [4.78, 5) is 21.9. The lowest BCUT2D eigenvalue weighted by Gasteiger charge is -2.18. The number of aromatic nitrogens is 1. The number of nitrogens with zero attached hydrogens (tertiary/aromatic N) is 3. The van der Waals surface area contributed by atoms with Gasteiger partial charge in [-0.1, -0.05) is 0 Å². The van der Waals surface area contributed by atoms with Crippen molar-refractivity contribution in [2.45, 2.75) is 12.8 Å². The van der Waals surface area contributed by atoms with Gasteiger partial charge in [0.05, 0.1) is 16.8 Å². The van der Waals surface area contributed by atoms with E-state index in [1.807, 2.05) is 6.07 Å². The summed E-state index contributed by atoms with van der Waals surface area (Å²) in [6.45, 7) is 2.09. The number of carbonyl (C=O) groups is 1. The van der Waals surface area contributed by atoms with Crippen LogP contribution < -0.4 is 10.6 Å². The van der Waals surface area contributed by atoms with Gasteiger partial charge in [0.25, 0.3) is 5.91 Å². The molecule has 2 aromatic rings. The highest BCUT2D eigenvalue weighted by Crippen LogP contribution is 2.39. The molecule has 0 spiro atoms. The Kier molecular flexibility index (Phi) is 3.25. The smallest absolute Gasteiger partial charge is 0.265 e. The Balaban J connectivity index is 2.16. The average molecular weight is 290 g/mol. The number of nitrogen functional groups attached to an aromatic ring is 1. The lowest BCUT2D eigenvalue weighted by Crippen LogP contribution is -2.21. The molecule has 0 radical (unpaired) electrons. The molecule has 106 valence electrons. The minimum atomic E-state index is -0.0575. The zero-order valence-electron chi connectivity index (χ0n) is 11.7. The molecular weight excluding hydrogens is 272 g/mol. The number of amides is 1. The van der Waals surface area contributed by atoms with Crippen molar-refractivity contribution in [3.05, 3.63) is 17.1 Å². The van der Waals surface area contributed by atoms with Crippen molar-refractivity contribution in [1.82, 2.24) is 9.88 Å². The van der Waals surface area contributed by atoms with Crippen molar-refractivity contribution in [1.29, 1.82) is 0 Å². The van der Waals surface area contributed by atoms with Gasteiger partial charge in [0.2, 0.25) is 0 Å². The van der Waals surface area contributed by atoms with Gasteiger partial charge >= 0.3 is 0 Å². The topological polar surface area (TPSA) is 62.5 Å². The molecule has 3 heterocycles. The second-order valence-electron chi connectivity index (χ2n) is 5.25. The molecule has 20 heavy (non-hydrogen) atoms. The lowest BCUT2D eigenvalue weighted by molar-refractivity contribution is 0.0833. The van der Waals surface area contributed by atoms with Gasteiger partial charge in [0.1, 0.15) is 9.71 Å². The minimum Gasteiger partial charge on any atom is -0.397 e. The SMILES string of the molecule is CN(C)C(=O)c1sc2nccc(N3CCCC3)c2c1N. The van der Waals surface area contributed by atoms with E-state index in [4.69, 9.17) is 5.73 Å². The van der Waals surface area contributed by atoms with Gasteiger partial charge in [-0.15, -0.1) is 11.3 Å². The molecule has 0 atom stereocenters. The first-order valence-corrected chi connectivity index (χ1v) is 7.55. The Morgan fingerprint density at radius 3 is 2.75 bits per heavy atom. The number of thiophene rings is 1. The number of pyridine rings is 1. The zero-order chi connectivity index (χ0) is 14.3. The molecule has 0 saturated carbocycles. The van der Waals surface area contributed by atoms with Crippen LogP contribution in [-0.4, -0.2) is 43.0 Å².